The van der Waals surface area contributed by atoms with E-state index in [1.165, 1.54) is 0 Å². The molecule has 0 aromatic carbocycles. The highest BCUT2D eigenvalue weighted by Gasteiger charge is 2.10. The van der Waals surface area contributed by atoms with E-state index in [4.69, 9.17) is 4.74 Å². The fourth-order valence-electron chi connectivity index (χ4n) is 0.864. The molecule has 0 bridgehead atoms. The molecule has 0 fully saturated rings. The molecule has 1 rings (SSSR count). The standard InChI is InChI=1S/C10H11NO2/c1-3-13-10(12)8(2)9-6-4-5-7-11-9/h4-7H,2-3H2,1H3. The number of hydrogen-bond donors (Lipinski definition) is 0. The minimum atomic E-state index is -0.416. The highest BCUT2D eigenvalue weighted by molar-refractivity contribution is 6.14. The van der Waals surface area contributed by atoms with Crippen LogP contribution in [-0.4, -0.2) is 17.6 Å². The van der Waals surface area contributed by atoms with Crippen molar-refractivity contribution in [2.24, 2.45) is 0 Å². The first kappa shape index (κ1) is 9.45. The van der Waals surface area contributed by atoms with E-state index in [0.717, 1.165) is 0 Å². The summed E-state index contributed by atoms with van der Waals surface area (Å²) >= 11 is 0. The maximum atomic E-state index is 11.2. The van der Waals surface area contributed by atoms with Crippen molar-refractivity contribution in [2.75, 3.05) is 6.61 Å². The Hall–Kier alpha value is -1.64. The Morgan fingerprint density at radius 1 is 1.62 bits per heavy atom. The van der Waals surface area contributed by atoms with Gasteiger partial charge in [0, 0.05) is 6.20 Å². The lowest BCUT2D eigenvalue weighted by Gasteiger charge is -2.03. The van der Waals surface area contributed by atoms with Gasteiger partial charge in [-0.25, -0.2) is 4.79 Å². The lowest BCUT2D eigenvalue weighted by Crippen LogP contribution is -2.06. The van der Waals surface area contributed by atoms with Crippen molar-refractivity contribution in [3.05, 3.63) is 36.7 Å². The second-order valence-corrected chi connectivity index (χ2v) is 2.41. The Kier molecular flexibility index (Phi) is 3.20. The maximum absolute atomic E-state index is 11.2. The Morgan fingerprint density at radius 2 is 2.38 bits per heavy atom. The van der Waals surface area contributed by atoms with E-state index >= 15 is 0 Å². The molecule has 3 nitrogen and oxygen atoms in total. The van der Waals surface area contributed by atoms with Crippen molar-refractivity contribution in [1.82, 2.24) is 4.98 Å². The number of aromatic nitrogens is 1. The van der Waals surface area contributed by atoms with Crippen molar-refractivity contribution in [3.8, 4) is 0 Å². The quantitative estimate of drug-likeness (QED) is 0.520. The maximum Gasteiger partial charge on any atom is 0.339 e. The van der Waals surface area contributed by atoms with Crippen molar-refractivity contribution in [3.63, 3.8) is 0 Å². The minimum absolute atomic E-state index is 0.294. The molecule has 0 saturated carbocycles. The topological polar surface area (TPSA) is 39.2 Å². The molecule has 0 spiro atoms. The normalized spacial score (nSPS) is 9.31. The van der Waals surface area contributed by atoms with Crippen LogP contribution in [0.25, 0.3) is 5.57 Å². The van der Waals surface area contributed by atoms with Crippen LogP contribution in [0.4, 0.5) is 0 Å². The van der Waals surface area contributed by atoms with Crippen molar-refractivity contribution in [2.45, 2.75) is 6.92 Å². The van der Waals surface area contributed by atoms with E-state index in [1.54, 1.807) is 31.3 Å². The third kappa shape index (κ3) is 2.40. The van der Waals surface area contributed by atoms with E-state index in [0.29, 0.717) is 17.9 Å². The van der Waals surface area contributed by atoms with Crippen molar-refractivity contribution in [1.29, 1.82) is 0 Å². The molecule has 0 N–H and O–H groups in total. The van der Waals surface area contributed by atoms with Crippen LogP contribution in [0.3, 0.4) is 0 Å². The van der Waals surface area contributed by atoms with Crippen LogP contribution in [0, 0.1) is 0 Å². The van der Waals surface area contributed by atoms with Crippen LogP contribution in [-0.2, 0) is 9.53 Å². The summed E-state index contributed by atoms with van der Waals surface area (Å²) in [5.41, 5.74) is 0.850. The highest BCUT2D eigenvalue weighted by atomic mass is 16.5. The van der Waals surface area contributed by atoms with Crippen LogP contribution in [0.15, 0.2) is 31.0 Å². The summed E-state index contributed by atoms with van der Waals surface area (Å²) in [7, 11) is 0. The number of pyridine rings is 1. The van der Waals surface area contributed by atoms with Crippen LogP contribution in [0.1, 0.15) is 12.6 Å². The van der Waals surface area contributed by atoms with E-state index in [-0.39, 0.29) is 0 Å². The molecule has 0 unspecified atom stereocenters. The smallest absolute Gasteiger partial charge is 0.339 e. The average Bonchev–Trinajstić information content (AvgIpc) is 2.18. The zero-order chi connectivity index (χ0) is 9.68. The molecular formula is C10H11NO2. The van der Waals surface area contributed by atoms with E-state index in [9.17, 15) is 4.79 Å². The first-order chi connectivity index (χ1) is 6.25. The van der Waals surface area contributed by atoms with Crippen LogP contribution in [0.2, 0.25) is 0 Å². The fraction of sp³-hybridized carbons (Fsp3) is 0.200. The van der Waals surface area contributed by atoms with Gasteiger partial charge in [-0.1, -0.05) is 12.6 Å². The van der Waals surface area contributed by atoms with E-state index in [1.807, 2.05) is 0 Å². The molecule has 0 saturated heterocycles. The van der Waals surface area contributed by atoms with Gasteiger partial charge >= 0.3 is 5.97 Å². The molecule has 1 aromatic heterocycles. The lowest BCUT2D eigenvalue weighted by molar-refractivity contribution is -0.136. The summed E-state index contributed by atoms with van der Waals surface area (Å²) < 4.78 is 4.78. The van der Waals surface area contributed by atoms with Crippen LogP contribution in [0.5, 0.6) is 0 Å². The van der Waals surface area contributed by atoms with Crippen molar-refractivity contribution >= 4 is 11.5 Å². The third-order valence-electron chi connectivity index (χ3n) is 1.50. The highest BCUT2D eigenvalue weighted by Crippen LogP contribution is 2.09. The van der Waals surface area contributed by atoms with Gasteiger partial charge in [-0.2, -0.15) is 0 Å². The van der Waals surface area contributed by atoms with Gasteiger partial charge in [0.15, 0.2) is 0 Å². The SMILES string of the molecule is C=C(C(=O)OCC)c1ccccn1. The van der Waals surface area contributed by atoms with Gasteiger partial charge in [-0.3, -0.25) is 4.98 Å². The Bertz CT molecular complexity index is 306. The van der Waals surface area contributed by atoms with E-state index < -0.39 is 5.97 Å². The van der Waals surface area contributed by atoms with Gasteiger partial charge in [-0.15, -0.1) is 0 Å². The lowest BCUT2D eigenvalue weighted by atomic mass is 10.2. The van der Waals surface area contributed by atoms with Crippen LogP contribution < -0.4 is 0 Å². The van der Waals surface area contributed by atoms with Gasteiger partial charge in [0.25, 0.3) is 0 Å². The van der Waals surface area contributed by atoms with Gasteiger partial charge in [0.2, 0.25) is 0 Å². The van der Waals surface area contributed by atoms with Gasteiger partial charge < -0.3 is 4.74 Å². The molecule has 0 aliphatic rings. The molecule has 3 heteroatoms. The largest absolute Gasteiger partial charge is 0.462 e. The molecule has 1 aromatic rings. The van der Waals surface area contributed by atoms with Gasteiger partial charge in [-0.05, 0) is 19.1 Å². The first-order valence-corrected chi connectivity index (χ1v) is 4.03. The summed E-state index contributed by atoms with van der Waals surface area (Å²) in [6, 6.07) is 5.30. The Balaban J connectivity index is 2.74. The fourth-order valence-corrected chi connectivity index (χ4v) is 0.864. The predicted molar refractivity (Wildman–Crippen MR) is 49.9 cm³/mol. The Morgan fingerprint density at radius 3 is 2.92 bits per heavy atom. The summed E-state index contributed by atoms with van der Waals surface area (Å²) in [6.07, 6.45) is 1.61. The summed E-state index contributed by atoms with van der Waals surface area (Å²) in [5.74, 6) is -0.416. The number of ether oxygens (including phenoxy) is 1. The number of hydrogen-bond acceptors (Lipinski definition) is 3. The number of rotatable bonds is 3. The molecule has 0 radical (unpaired) electrons. The molecule has 0 aliphatic heterocycles. The molecule has 0 aliphatic carbocycles. The van der Waals surface area contributed by atoms with Crippen LogP contribution >= 0.6 is 0 Å². The number of carbonyl (C=O) groups is 1. The molecule has 0 amide bonds. The first-order valence-electron chi connectivity index (χ1n) is 4.03. The predicted octanol–water partition coefficient (Wildman–Crippen LogP) is 1.66. The Labute approximate surface area is 77.1 Å². The number of carbonyl (C=O) groups excluding carboxylic acids is 1. The molecule has 1 heterocycles. The van der Waals surface area contributed by atoms with E-state index in [2.05, 4.69) is 11.6 Å². The summed E-state index contributed by atoms with van der Waals surface area (Å²) in [4.78, 5) is 15.2. The zero-order valence-electron chi connectivity index (χ0n) is 7.49. The molecule has 13 heavy (non-hydrogen) atoms. The van der Waals surface area contributed by atoms with Crippen molar-refractivity contribution < 1.29 is 9.53 Å². The van der Waals surface area contributed by atoms with Gasteiger partial charge in [0.1, 0.15) is 0 Å². The summed E-state index contributed by atoms with van der Waals surface area (Å²) in [6.45, 7) is 5.71. The third-order valence-corrected chi connectivity index (χ3v) is 1.50. The second-order valence-electron chi connectivity index (χ2n) is 2.41. The number of nitrogens with zero attached hydrogens (tertiary/aromatic N) is 1. The molecule has 0 atom stereocenters. The van der Waals surface area contributed by atoms with Gasteiger partial charge in [0.05, 0.1) is 17.9 Å². The summed E-state index contributed by atoms with van der Waals surface area (Å²) in [5, 5.41) is 0. The second kappa shape index (κ2) is 4.40. The monoisotopic (exact) mass is 177 g/mol. The molecular weight excluding hydrogens is 166 g/mol. The number of esters is 1. The zero-order valence-corrected chi connectivity index (χ0v) is 7.49. The molecule has 68 valence electrons. The average molecular weight is 177 g/mol. The minimum Gasteiger partial charge on any atom is -0.462 e.